The van der Waals surface area contributed by atoms with Gasteiger partial charge < -0.3 is 4.74 Å². The standard InChI is InChI=1S/C23H20O5S/c1-16-3-13-22(14-4-16)29(26,27)15-18-5-7-20(8-6-18)23(25)28-21-11-9-19(10-12-21)17(2)24/h3-14H,15H2,1-2H3. The minimum absolute atomic E-state index is 0.0703. The van der Waals surface area contributed by atoms with Crippen molar-refractivity contribution in [1.82, 2.24) is 0 Å². The smallest absolute Gasteiger partial charge is 0.343 e. The fraction of sp³-hybridized carbons (Fsp3) is 0.130. The van der Waals surface area contributed by atoms with E-state index in [1.165, 1.54) is 19.1 Å². The number of benzene rings is 3. The SMILES string of the molecule is CC(=O)c1ccc(OC(=O)c2ccc(CS(=O)(=O)c3ccc(C)cc3)cc2)cc1. The van der Waals surface area contributed by atoms with Crippen molar-refractivity contribution in [3.63, 3.8) is 0 Å². The van der Waals surface area contributed by atoms with Crippen molar-refractivity contribution in [3.05, 3.63) is 95.1 Å². The van der Waals surface area contributed by atoms with Crippen molar-refractivity contribution in [2.24, 2.45) is 0 Å². The first-order valence-corrected chi connectivity index (χ1v) is 10.6. The zero-order valence-corrected chi connectivity index (χ0v) is 16.9. The van der Waals surface area contributed by atoms with Crippen LogP contribution < -0.4 is 4.74 Å². The van der Waals surface area contributed by atoms with E-state index in [1.54, 1.807) is 60.7 Å². The van der Waals surface area contributed by atoms with Gasteiger partial charge in [-0.15, -0.1) is 0 Å². The molecule has 3 aromatic rings. The summed E-state index contributed by atoms with van der Waals surface area (Å²) >= 11 is 0. The average molecular weight is 408 g/mol. The molecule has 0 heterocycles. The number of hydrogen-bond donors (Lipinski definition) is 0. The summed E-state index contributed by atoms with van der Waals surface area (Å²) in [6, 6.07) is 19.2. The zero-order chi connectivity index (χ0) is 21.0. The van der Waals surface area contributed by atoms with E-state index in [9.17, 15) is 18.0 Å². The molecule has 0 aliphatic carbocycles. The van der Waals surface area contributed by atoms with Crippen LogP contribution in [-0.2, 0) is 15.6 Å². The van der Waals surface area contributed by atoms with Crippen LogP contribution in [0, 0.1) is 6.92 Å². The van der Waals surface area contributed by atoms with Gasteiger partial charge in [-0.2, -0.15) is 0 Å². The first-order chi connectivity index (χ1) is 13.7. The second kappa shape index (κ2) is 8.41. The predicted molar refractivity (Wildman–Crippen MR) is 110 cm³/mol. The van der Waals surface area contributed by atoms with Crippen LogP contribution in [-0.4, -0.2) is 20.2 Å². The van der Waals surface area contributed by atoms with E-state index in [-0.39, 0.29) is 16.4 Å². The molecule has 0 aliphatic rings. The molecule has 0 amide bonds. The van der Waals surface area contributed by atoms with Crippen LogP contribution in [0.3, 0.4) is 0 Å². The number of ether oxygens (including phenoxy) is 1. The van der Waals surface area contributed by atoms with Crippen molar-refractivity contribution in [3.8, 4) is 5.75 Å². The number of aryl methyl sites for hydroxylation is 1. The van der Waals surface area contributed by atoms with Gasteiger partial charge in [0.1, 0.15) is 5.75 Å². The van der Waals surface area contributed by atoms with Crippen LogP contribution in [0.4, 0.5) is 0 Å². The Kier molecular flexibility index (Phi) is 5.94. The monoisotopic (exact) mass is 408 g/mol. The average Bonchev–Trinajstić information content (AvgIpc) is 2.69. The number of sulfone groups is 1. The maximum Gasteiger partial charge on any atom is 0.343 e. The summed E-state index contributed by atoms with van der Waals surface area (Å²) in [4.78, 5) is 23.8. The summed E-state index contributed by atoms with van der Waals surface area (Å²) in [5, 5.41) is 0. The van der Waals surface area contributed by atoms with E-state index < -0.39 is 15.8 Å². The Morgan fingerprint density at radius 2 is 1.34 bits per heavy atom. The van der Waals surface area contributed by atoms with Crippen molar-refractivity contribution >= 4 is 21.6 Å². The molecule has 0 atom stereocenters. The Balaban J connectivity index is 1.68. The second-order valence-corrected chi connectivity index (χ2v) is 8.73. The van der Waals surface area contributed by atoms with Gasteiger partial charge >= 0.3 is 5.97 Å². The summed E-state index contributed by atoms with van der Waals surface area (Å²) in [7, 11) is -3.47. The maximum absolute atomic E-state index is 12.5. The molecule has 3 rings (SSSR count). The van der Waals surface area contributed by atoms with Gasteiger partial charge in [0.2, 0.25) is 0 Å². The molecule has 5 nitrogen and oxygen atoms in total. The quantitative estimate of drug-likeness (QED) is 0.343. The van der Waals surface area contributed by atoms with Gasteiger partial charge in [0, 0.05) is 5.56 Å². The minimum atomic E-state index is -3.47. The predicted octanol–water partition coefficient (Wildman–Crippen LogP) is 4.39. The van der Waals surface area contributed by atoms with Gasteiger partial charge in [0.05, 0.1) is 16.2 Å². The number of Topliss-reactive ketones (excluding diaryl/α,β-unsaturated/α-hetero) is 1. The first-order valence-electron chi connectivity index (χ1n) is 8.96. The molecule has 148 valence electrons. The summed E-state index contributed by atoms with van der Waals surface area (Å²) in [5.74, 6) is -0.462. The molecule has 0 unspecified atom stereocenters. The van der Waals surface area contributed by atoms with Gasteiger partial charge in [-0.1, -0.05) is 29.8 Å². The lowest BCUT2D eigenvalue weighted by molar-refractivity contribution is 0.0734. The van der Waals surface area contributed by atoms with E-state index in [0.29, 0.717) is 22.4 Å². The molecular weight excluding hydrogens is 388 g/mol. The molecule has 0 bridgehead atoms. The number of esters is 1. The van der Waals surface area contributed by atoms with Crippen LogP contribution in [0.25, 0.3) is 0 Å². The van der Waals surface area contributed by atoms with Gasteiger partial charge in [0.25, 0.3) is 0 Å². The summed E-state index contributed by atoms with van der Waals surface area (Å²) in [5.41, 5.74) is 2.40. The van der Waals surface area contributed by atoms with Crippen LogP contribution in [0.15, 0.2) is 77.7 Å². The lowest BCUT2D eigenvalue weighted by Crippen LogP contribution is -2.09. The third-order valence-electron chi connectivity index (χ3n) is 4.40. The molecule has 6 heteroatoms. The van der Waals surface area contributed by atoms with Crippen molar-refractivity contribution in [1.29, 1.82) is 0 Å². The molecule has 29 heavy (non-hydrogen) atoms. The lowest BCUT2D eigenvalue weighted by Gasteiger charge is -2.07. The van der Waals surface area contributed by atoms with Gasteiger partial charge in [-0.3, -0.25) is 4.79 Å². The highest BCUT2D eigenvalue weighted by atomic mass is 32.2. The van der Waals surface area contributed by atoms with E-state index in [0.717, 1.165) is 5.56 Å². The molecule has 0 fully saturated rings. The van der Waals surface area contributed by atoms with Gasteiger partial charge in [0.15, 0.2) is 15.6 Å². The molecule has 0 aliphatic heterocycles. The number of carbonyl (C=O) groups is 2. The normalized spacial score (nSPS) is 11.1. The Labute approximate surface area is 169 Å². The number of ketones is 1. The molecule has 0 N–H and O–H groups in total. The Morgan fingerprint density at radius 1 is 0.793 bits per heavy atom. The number of carbonyl (C=O) groups excluding carboxylic acids is 2. The second-order valence-electron chi connectivity index (χ2n) is 6.74. The van der Waals surface area contributed by atoms with Gasteiger partial charge in [-0.25, -0.2) is 13.2 Å². The number of hydrogen-bond acceptors (Lipinski definition) is 5. The molecule has 0 saturated heterocycles. The molecule has 3 aromatic carbocycles. The highest BCUT2D eigenvalue weighted by Gasteiger charge is 2.16. The van der Waals surface area contributed by atoms with Crippen LogP contribution in [0.1, 0.15) is 38.8 Å². The summed E-state index contributed by atoms with van der Waals surface area (Å²) in [6.45, 7) is 3.35. The Hall–Kier alpha value is -3.25. The summed E-state index contributed by atoms with van der Waals surface area (Å²) < 4.78 is 30.4. The summed E-state index contributed by atoms with van der Waals surface area (Å²) in [6.07, 6.45) is 0. The van der Waals surface area contributed by atoms with Crippen LogP contribution >= 0.6 is 0 Å². The van der Waals surface area contributed by atoms with E-state index >= 15 is 0 Å². The van der Waals surface area contributed by atoms with Crippen molar-refractivity contribution < 1.29 is 22.7 Å². The van der Waals surface area contributed by atoms with E-state index in [4.69, 9.17) is 4.74 Å². The highest BCUT2D eigenvalue weighted by Crippen LogP contribution is 2.19. The maximum atomic E-state index is 12.5. The first kappa shape index (κ1) is 20.5. The van der Waals surface area contributed by atoms with Crippen LogP contribution in [0.2, 0.25) is 0 Å². The fourth-order valence-corrected chi connectivity index (χ4v) is 4.06. The lowest BCUT2D eigenvalue weighted by atomic mass is 10.1. The third kappa shape index (κ3) is 5.18. The highest BCUT2D eigenvalue weighted by molar-refractivity contribution is 7.90. The Bertz CT molecular complexity index is 1130. The third-order valence-corrected chi connectivity index (χ3v) is 6.10. The largest absolute Gasteiger partial charge is 0.423 e. The van der Waals surface area contributed by atoms with Crippen molar-refractivity contribution in [2.75, 3.05) is 0 Å². The van der Waals surface area contributed by atoms with Gasteiger partial charge in [-0.05, 0) is 67.9 Å². The Morgan fingerprint density at radius 3 is 1.90 bits per heavy atom. The minimum Gasteiger partial charge on any atom is -0.423 e. The van der Waals surface area contributed by atoms with E-state index in [1.807, 2.05) is 6.92 Å². The van der Waals surface area contributed by atoms with Crippen LogP contribution in [0.5, 0.6) is 5.75 Å². The molecular formula is C23H20O5S. The van der Waals surface area contributed by atoms with Crippen molar-refractivity contribution in [2.45, 2.75) is 24.5 Å². The topological polar surface area (TPSA) is 77.5 Å². The zero-order valence-electron chi connectivity index (χ0n) is 16.1. The molecule has 0 spiro atoms. The van der Waals surface area contributed by atoms with E-state index in [2.05, 4.69) is 0 Å². The molecule has 0 aromatic heterocycles. The molecule has 0 saturated carbocycles. The number of rotatable bonds is 6. The fourth-order valence-electron chi connectivity index (χ4n) is 2.71. The molecule has 0 radical (unpaired) electrons.